The number of fused-ring (bicyclic) bond motifs is 2. The number of nitrogen functional groups attached to an aromatic ring is 2. The number of nitrogens with two attached hydrogens (primary N) is 2. The smallest absolute Gasteiger partial charge is 0.296 e. The first kappa shape index (κ1) is 31.6. The first-order valence-electron chi connectivity index (χ1n) is 12.4. The van der Waals surface area contributed by atoms with Crippen molar-refractivity contribution in [1.82, 2.24) is 0 Å². The number of halogens is 2. The van der Waals surface area contributed by atoms with Crippen LogP contribution in [0.5, 0.6) is 0 Å². The summed E-state index contributed by atoms with van der Waals surface area (Å²) in [5.74, 6) is -1.50. The zero-order valence-corrected chi connectivity index (χ0v) is 27.5. The quantitative estimate of drug-likeness (QED) is 0.0900. The minimum Gasteiger partial charge on any atom is -0.397 e. The van der Waals surface area contributed by atoms with Gasteiger partial charge in [0, 0.05) is 8.95 Å². The van der Waals surface area contributed by atoms with E-state index < -0.39 is 41.6 Å². The van der Waals surface area contributed by atoms with E-state index in [-0.39, 0.29) is 65.3 Å². The molecule has 16 heteroatoms. The number of hydrogen-bond donors (Lipinski definition) is 6. The number of ketones is 2. The van der Waals surface area contributed by atoms with Gasteiger partial charge in [-0.3, -0.25) is 18.7 Å². The SMILES string of the molecule is Cc1ccc(Nc2cc(Br)c(N)c3c2C(=O)c2c(N)c(Br)cc(Nc4ccc(C)cc4S(=O)(=O)O)c2C3=O)c(S(=O)(=O)O)c1. The zero-order valence-electron chi connectivity index (χ0n) is 22.7. The second-order valence-corrected chi connectivity index (χ2v) is 14.5. The Morgan fingerprint density at radius 1 is 0.591 bits per heavy atom. The number of carbonyl (C=O) groups excluding carboxylic acids is 2. The van der Waals surface area contributed by atoms with E-state index in [0.29, 0.717) is 11.1 Å². The predicted molar refractivity (Wildman–Crippen MR) is 173 cm³/mol. The van der Waals surface area contributed by atoms with Crippen molar-refractivity contribution in [3.63, 3.8) is 0 Å². The molecule has 0 amide bonds. The van der Waals surface area contributed by atoms with Gasteiger partial charge in [-0.05, 0) is 93.2 Å². The van der Waals surface area contributed by atoms with Gasteiger partial charge in [-0.2, -0.15) is 16.8 Å². The highest BCUT2D eigenvalue weighted by atomic mass is 79.9. The highest BCUT2D eigenvalue weighted by molar-refractivity contribution is 9.11. The van der Waals surface area contributed by atoms with Crippen molar-refractivity contribution in [2.75, 3.05) is 22.1 Å². The van der Waals surface area contributed by atoms with Crippen molar-refractivity contribution in [2.24, 2.45) is 0 Å². The van der Waals surface area contributed by atoms with Gasteiger partial charge in [0.25, 0.3) is 20.2 Å². The van der Waals surface area contributed by atoms with Gasteiger partial charge in [0.05, 0.1) is 56.4 Å². The standard InChI is InChI=1S/C28H22Br2N4O8S2/c1-11-3-5-15(19(7-11)43(37,38)39)33-17-9-13(29)25(31)23-21(17)27(35)24-22(28(23)36)18(10-14(30)26(24)32)34-16-6-4-12(2)8-20(16)44(40,41)42/h3-10,33-34H,31-32H2,1-2H3,(H,37,38,39)(H,40,41,42). The molecule has 1 aliphatic rings. The van der Waals surface area contributed by atoms with Crippen LogP contribution in [-0.4, -0.2) is 37.5 Å². The van der Waals surface area contributed by atoms with Crippen molar-refractivity contribution >= 4 is 97.8 Å². The number of hydrogen-bond acceptors (Lipinski definition) is 10. The van der Waals surface area contributed by atoms with Gasteiger partial charge in [0.2, 0.25) is 0 Å². The Morgan fingerprint density at radius 2 is 0.932 bits per heavy atom. The van der Waals surface area contributed by atoms with E-state index in [2.05, 4.69) is 42.5 Å². The Balaban J connectivity index is 1.74. The van der Waals surface area contributed by atoms with Crippen LogP contribution in [0.3, 0.4) is 0 Å². The van der Waals surface area contributed by atoms with Crippen molar-refractivity contribution in [3.05, 3.63) is 90.9 Å². The van der Waals surface area contributed by atoms with Gasteiger partial charge in [-0.1, -0.05) is 12.1 Å². The van der Waals surface area contributed by atoms with Crippen LogP contribution in [0.25, 0.3) is 0 Å². The van der Waals surface area contributed by atoms with Crippen molar-refractivity contribution < 1.29 is 35.5 Å². The van der Waals surface area contributed by atoms with E-state index in [1.165, 1.54) is 36.4 Å². The summed E-state index contributed by atoms with van der Waals surface area (Å²) >= 11 is 6.59. The molecule has 0 bridgehead atoms. The number of rotatable bonds is 6. The third-order valence-corrected chi connectivity index (χ3v) is 10.0. The maximum atomic E-state index is 14.2. The normalized spacial score (nSPS) is 13.0. The number of anilines is 6. The van der Waals surface area contributed by atoms with E-state index in [1.54, 1.807) is 26.0 Å². The summed E-state index contributed by atoms with van der Waals surface area (Å²) in [4.78, 5) is 27.5. The minimum atomic E-state index is -4.70. The Kier molecular flexibility index (Phi) is 7.89. The monoisotopic (exact) mass is 764 g/mol. The molecular formula is C28H22Br2N4O8S2. The van der Waals surface area contributed by atoms with Crippen molar-refractivity contribution in [3.8, 4) is 0 Å². The zero-order chi connectivity index (χ0) is 32.5. The molecule has 228 valence electrons. The molecule has 0 aliphatic heterocycles. The topological polar surface area (TPSA) is 219 Å². The minimum absolute atomic E-state index is 0.0140. The predicted octanol–water partition coefficient (Wildman–Crippen LogP) is 5.75. The molecule has 0 heterocycles. The first-order chi connectivity index (χ1) is 20.4. The molecule has 0 atom stereocenters. The fourth-order valence-electron chi connectivity index (χ4n) is 4.90. The Bertz CT molecular complexity index is 2030. The summed E-state index contributed by atoms with van der Waals surface area (Å²) in [7, 11) is -9.40. The lowest BCUT2D eigenvalue weighted by Crippen LogP contribution is -2.26. The van der Waals surface area contributed by atoms with Crippen molar-refractivity contribution in [1.29, 1.82) is 0 Å². The van der Waals surface area contributed by atoms with Gasteiger partial charge in [-0.25, -0.2) is 0 Å². The Labute approximate surface area is 268 Å². The number of nitrogens with one attached hydrogen (secondary N) is 2. The summed E-state index contributed by atoms with van der Waals surface area (Å²) in [6.07, 6.45) is 0. The van der Waals surface area contributed by atoms with Gasteiger partial charge in [-0.15, -0.1) is 0 Å². The summed E-state index contributed by atoms with van der Waals surface area (Å²) < 4.78 is 68.6. The molecule has 0 saturated carbocycles. The Morgan fingerprint density at radius 3 is 1.25 bits per heavy atom. The Hall–Kier alpha value is -3.80. The van der Waals surface area contributed by atoms with E-state index >= 15 is 0 Å². The second-order valence-electron chi connectivity index (χ2n) is 10.00. The third kappa shape index (κ3) is 5.48. The van der Waals surface area contributed by atoms with Crippen LogP contribution in [0.2, 0.25) is 0 Å². The van der Waals surface area contributed by atoms with Crippen LogP contribution < -0.4 is 22.1 Å². The lowest BCUT2D eigenvalue weighted by molar-refractivity contribution is 0.0981. The van der Waals surface area contributed by atoms with Gasteiger partial charge in [0.1, 0.15) is 9.79 Å². The number of benzene rings is 4. The number of aryl methyl sites for hydroxylation is 2. The van der Waals surface area contributed by atoms with Crippen LogP contribution >= 0.6 is 31.9 Å². The van der Waals surface area contributed by atoms with Crippen molar-refractivity contribution in [2.45, 2.75) is 23.6 Å². The maximum Gasteiger partial charge on any atom is 0.296 e. The lowest BCUT2D eigenvalue weighted by atomic mass is 9.80. The number of carbonyl (C=O) groups is 2. The molecule has 0 radical (unpaired) electrons. The molecule has 0 unspecified atom stereocenters. The largest absolute Gasteiger partial charge is 0.397 e. The van der Waals surface area contributed by atoms with Gasteiger partial charge in [0.15, 0.2) is 11.6 Å². The fourth-order valence-corrected chi connectivity index (χ4v) is 7.22. The molecule has 12 nitrogen and oxygen atoms in total. The molecule has 5 rings (SSSR count). The van der Waals surface area contributed by atoms with Crippen LogP contribution in [0, 0.1) is 13.8 Å². The second kappa shape index (κ2) is 11.0. The lowest BCUT2D eigenvalue weighted by Gasteiger charge is -2.27. The van der Waals surface area contributed by atoms with Crippen LogP contribution in [-0.2, 0) is 20.2 Å². The fraction of sp³-hybridized carbons (Fsp3) is 0.0714. The summed E-state index contributed by atoms with van der Waals surface area (Å²) in [6, 6.07) is 11.2. The third-order valence-electron chi connectivity index (χ3n) is 6.91. The van der Waals surface area contributed by atoms with E-state index in [0.717, 1.165) is 0 Å². The average molecular weight is 766 g/mol. The molecule has 1 aliphatic carbocycles. The van der Waals surface area contributed by atoms with E-state index in [4.69, 9.17) is 11.5 Å². The molecule has 0 saturated heterocycles. The average Bonchev–Trinajstić information content (AvgIpc) is 2.91. The molecule has 0 fully saturated rings. The van der Waals surface area contributed by atoms with Crippen LogP contribution in [0.1, 0.15) is 43.0 Å². The first-order valence-corrected chi connectivity index (χ1v) is 16.9. The van der Waals surface area contributed by atoms with Crippen LogP contribution in [0.4, 0.5) is 34.1 Å². The molecule has 0 spiro atoms. The molecule has 0 aromatic heterocycles. The molecule has 4 aromatic carbocycles. The molecule has 8 N–H and O–H groups in total. The van der Waals surface area contributed by atoms with Gasteiger partial charge < -0.3 is 22.1 Å². The summed E-state index contributed by atoms with van der Waals surface area (Å²) in [5.41, 5.74) is 12.4. The van der Waals surface area contributed by atoms with Crippen LogP contribution in [0.15, 0.2) is 67.3 Å². The van der Waals surface area contributed by atoms with Gasteiger partial charge >= 0.3 is 0 Å². The summed E-state index contributed by atoms with van der Waals surface area (Å²) in [5, 5.41) is 5.68. The highest BCUT2D eigenvalue weighted by Gasteiger charge is 2.39. The highest BCUT2D eigenvalue weighted by Crippen LogP contribution is 2.46. The molecular weight excluding hydrogens is 744 g/mol. The summed E-state index contributed by atoms with van der Waals surface area (Å²) in [6.45, 7) is 3.25. The van der Waals surface area contributed by atoms with E-state index in [1.807, 2.05) is 0 Å². The maximum absolute atomic E-state index is 14.2. The molecule has 44 heavy (non-hydrogen) atoms. The van der Waals surface area contributed by atoms with E-state index in [9.17, 15) is 35.5 Å². The molecule has 4 aromatic rings.